The lowest BCUT2D eigenvalue weighted by atomic mass is 10.3. The number of esters is 1. The van der Waals surface area contributed by atoms with Crippen LogP contribution in [0.5, 0.6) is 0 Å². The van der Waals surface area contributed by atoms with Crippen LogP contribution in [0, 0.1) is 0 Å². The number of carbonyl (C=O) groups is 2. The summed E-state index contributed by atoms with van der Waals surface area (Å²) < 4.78 is 6.68. The molecule has 4 nitrogen and oxygen atoms in total. The van der Waals surface area contributed by atoms with Crippen molar-refractivity contribution in [2.75, 3.05) is 12.4 Å². The molecule has 100 valence electrons. The van der Waals surface area contributed by atoms with Gasteiger partial charge in [0.25, 0.3) is 0 Å². The van der Waals surface area contributed by atoms with Gasteiger partial charge in [-0.15, -0.1) is 11.3 Å². The van der Waals surface area contributed by atoms with Crippen LogP contribution in [0.3, 0.4) is 0 Å². The Morgan fingerprint density at radius 3 is 2.89 bits per heavy atom. The third kappa shape index (κ3) is 4.04. The standard InChI is InChI=1S/C13H13NO3S2/c1-2-17-12(16)7-9(15)8-18-13-14-10-5-3-4-6-11(10)19-13/h3-6H,2,7-8H2,1H3. The normalized spacial score (nSPS) is 10.6. The number of thioether (sulfide) groups is 1. The molecule has 0 aliphatic carbocycles. The topological polar surface area (TPSA) is 56.3 Å². The molecule has 1 aromatic heterocycles. The first-order chi connectivity index (χ1) is 9.19. The number of ether oxygens (including phenoxy) is 1. The smallest absolute Gasteiger partial charge is 0.313 e. The van der Waals surface area contributed by atoms with E-state index in [1.165, 1.54) is 11.8 Å². The van der Waals surface area contributed by atoms with Gasteiger partial charge in [0.2, 0.25) is 0 Å². The third-order valence-electron chi connectivity index (χ3n) is 2.28. The molecule has 2 aromatic rings. The molecule has 0 radical (unpaired) electrons. The zero-order valence-corrected chi connectivity index (χ0v) is 12.1. The molecule has 0 aliphatic rings. The zero-order chi connectivity index (χ0) is 13.7. The van der Waals surface area contributed by atoms with Crippen molar-refractivity contribution in [2.45, 2.75) is 17.7 Å². The van der Waals surface area contributed by atoms with E-state index < -0.39 is 5.97 Å². The van der Waals surface area contributed by atoms with Gasteiger partial charge < -0.3 is 4.74 Å². The minimum absolute atomic E-state index is 0.136. The highest BCUT2D eigenvalue weighted by Gasteiger charge is 2.12. The number of Topliss-reactive ketones (excluding diaryl/α,β-unsaturated/α-hetero) is 1. The summed E-state index contributed by atoms with van der Waals surface area (Å²) in [6.07, 6.45) is -0.161. The maximum atomic E-state index is 11.6. The van der Waals surface area contributed by atoms with Gasteiger partial charge >= 0.3 is 5.97 Å². The van der Waals surface area contributed by atoms with Crippen LogP contribution in [0.1, 0.15) is 13.3 Å². The largest absolute Gasteiger partial charge is 0.466 e. The molecule has 0 unspecified atom stereocenters. The molecule has 0 saturated heterocycles. The van der Waals surface area contributed by atoms with Gasteiger partial charge in [-0.05, 0) is 19.1 Å². The molecule has 0 amide bonds. The number of rotatable bonds is 6. The Hall–Kier alpha value is -1.40. The summed E-state index contributed by atoms with van der Waals surface area (Å²) in [6.45, 7) is 2.02. The molecule has 1 aromatic carbocycles. The van der Waals surface area contributed by atoms with Crippen molar-refractivity contribution in [3.8, 4) is 0 Å². The Labute approximate surface area is 119 Å². The van der Waals surface area contributed by atoms with Crippen molar-refractivity contribution in [3.63, 3.8) is 0 Å². The highest BCUT2D eigenvalue weighted by molar-refractivity contribution is 8.01. The number of hydrogen-bond acceptors (Lipinski definition) is 6. The van der Waals surface area contributed by atoms with E-state index in [1.807, 2.05) is 24.3 Å². The first-order valence-corrected chi connectivity index (χ1v) is 7.65. The second-order valence-electron chi connectivity index (χ2n) is 3.76. The van der Waals surface area contributed by atoms with Crippen LogP contribution < -0.4 is 0 Å². The van der Waals surface area contributed by atoms with E-state index in [-0.39, 0.29) is 18.0 Å². The lowest BCUT2D eigenvalue weighted by Crippen LogP contribution is -2.12. The first-order valence-electron chi connectivity index (χ1n) is 5.84. The molecule has 0 bridgehead atoms. The van der Waals surface area contributed by atoms with Crippen LogP contribution in [-0.2, 0) is 14.3 Å². The van der Waals surface area contributed by atoms with Crippen molar-refractivity contribution in [2.24, 2.45) is 0 Å². The lowest BCUT2D eigenvalue weighted by Gasteiger charge is -1.99. The number of carbonyl (C=O) groups excluding carboxylic acids is 2. The number of aromatic nitrogens is 1. The minimum Gasteiger partial charge on any atom is -0.466 e. The fourth-order valence-corrected chi connectivity index (χ4v) is 3.41. The van der Waals surface area contributed by atoms with Crippen molar-refractivity contribution < 1.29 is 14.3 Å². The van der Waals surface area contributed by atoms with Gasteiger partial charge in [0.15, 0.2) is 10.1 Å². The average Bonchev–Trinajstić information content (AvgIpc) is 2.79. The van der Waals surface area contributed by atoms with Crippen LogP contribution in [0.2, 0.25) is 0 Å². The Morgan fingerprint density at radius 2 is 2.16 bits per heavy atom. The number of hydrogen-bond donors (Lipinski definition) is 0. The summed E-state index contributed by atoms with van der Waals surface area (Å²) in [5.74, 6) is -0.348. The fraction of sp³-hybridized carbons (Fsp3) is 0.308. The van der Waals surface area contributed by atoms with Crippen LogP contribution in [0.4, 0.5) is 0 Å². The Balaban J connectivity index is 1.88. The van der Waals surface area contributed by atoms with E-state index in [2.05, 4.69) is 4.98 Å². The summed E-state index contributed by atoms with van der Waals surface area (Å²) in [7, 11) is 0. The van der Waals surface area contributed by atoms with Gasteiger partial charge in [-0.1, -0.05) is 23.9 Å². The summed E-state index contributed by atoms with van der Waals surface area (Å²) in [4.78, 5) is 27.1. The molecule has 2 rings (SSSR count). The number of thiazole rings is 1. The van der Waals surface area contributed by atoms with Crippen LogP contribution >= 0.6 is 23.1 Å². The van der Waals surface area contributed by atoms with E-state index in [0.29, 0.717) is 6.61 Å². The van der Waals surface area contributed by atoms with Gasteiger partial charge in [0.1, 0.15) is 6.42 Å². The van der Waals surface area contributed by atoms with Crippen molar-refractivity contribution in [1.29, 1.82) is 0 Å². The molecule has 0 saturated carbocycles. The SMILES string of the molecule is CCOC(=O)CC(=O)CSc1nc2ccccc2s1. The lowest BCUT2D eigenvalue weighted by molar-refractivity contribution is -0.145. The van der Waals surface area contributed by atoms with Crippen molar-refractivity contribution >= 4 is 45.1 Å². The maximum absolute atomic E-state index is 11.6. The number of nitrogens with zero attached hydrogens (tertiary/aromatic N) is 1. The summed E-state index contributed by atoms with van der Waals surface area (Å²) in [5, 5.41) is 0. The van der Waals surface area contributed by atoms with Gasteiger partial charge in [-0.25, -0.2) is 4.98 Å². The molecule has 0 atom stereocenters. The predicted octanol–water partition coefficient (Wildman–Crippen LogP) is 2.91. The molecule has 0 spiro atoms. The molecule has 0 N–H and O–H groups in total. The Kier molecular flexibility index (Phi) is 4.93. The second-order valence-corrected chi connectivity index (χ2v) is 6.01. The highest BCUT2D eigenvalue weighted by Crippen LogP contribution is 2.29. The van der Waals surface area contributed by atoms with E-state index in [0.717, 1.165) is 14.6 Å². The number of para-hydroxylation sites is 1. The first kappa shape index (κ1) is 14.0. The predicted molar refractivity (Wildman–Crippen MR) is 76.6 cm³/mol. The van der Waals surface area contributed by atoms with Gasteiger partial charge in [0, 0.05) is 0 Å². The quantitative estimate of drug-likeness (QED) is 0.466. The zero-order valence-electron chi connectivity index (χ0n) is 10.4. The molecule has 1 heterocycles. The van der Waals surface area contributed by atoms with E-state index in [4.69, 9.17) is 4.74 Å². The van der Waals surface area contributed by atoms with E-state index in [9.17, 15) is 9.59 Å². The number of benzene rings is 1. The maximum Gasteiger partial charge on any atom is 0.313 e. The molecular weight excluding hydrogens is 282 g/mol. The number of ketones is 1. The van der Waals surface area contributed by atoms with Crippen LogP contribution in [-0.4, -0.2) is 29.1 Å². The van der Waals surface area contributed by atoms with Crippen molar-refractivity contribution in [3.05, 3.63) is 24.3 Å². The van der Waals surface area contributed by atoms with E-state index >= 15 is 0 Å². The summed E-state index contributed by atoms with van der Waals surface area (Å²) >= 11 is 2.92. The average molecular weight is 295 g/mol. The molecule has 19 heavy (non-hydrogen) atoms. The van der Waals surface area contributed by atoms with Crippen LogP contribution in [0.15, 0.2) is 28.6 Å². The van der Waals surface area contributed by atoms with E-state index in [1.54, 1.807) is 18.3 Å². The Morgan fingerprint density at radius 1 is 1.37 bits per heavy atom. The Bertz CT molecular complexity index is 561. The molecular formula is C13H13NO3S2. The van der Waals surface area contributed by atoms with Gasteiger partial charge in [-0.2, -0.15) is 0 Å². The number of fused-ring (bicyclic) bond motifs is 1. The third-order valence-corrected chi connectivity index (χ3v) is 4.52. The molecule has 0 aliphatic heterocycles. The highest BCUT2D eigenvalue weighted by atomic mass is 32.2. The summed E-state index contributed by atoms with van der Waals surface area (Å²) in [6, 6.07) is 7.83. The van der Waals surface area contributed by atoms with Crippen molar-refractivity contribution in [1.82, 2.24) is 4.98 Å². The van der Waals surface area contributed by atoms with Crippen LogP contribution in [0.25, 0.3) is 10.2 Å². The van der Waals surface area contributed by atoms with Gasteiger partial charge in [0.05, 0.1) is 22.6 Å². The monoisotopic (exact) mass is 295 g/mol. The minimum atomic E-state index is -0.461. The second kappa shape index (κ2) is 6.68. The fourth-order valence-electron chi connectivity index (χ4n) is 1.48. The summed E-state index contributed by atoms with van der Waals surface area (Å²) in [5.41, 5.74) is 0.938. The van der Waals surface area contributed by atoms with Gasteiger partial charge in [-0.3, -0.25) is 9.59 Å². The molecule has 6 heteroatoms. The molecule has 0 fully saturated rings.